The molecule has 0 aliphatic carbocycles. The van der Waals surface area contributed by atoms with Crippen molar-refractivity contribution < 1.29 is 37.0 Å². The minimum Gasteiger partial charge on any atom is -0.493 e. The molecule has 0 saturated carbocycles. The molecule has 1 unspecified atom stereocenters. The van der Waals surface area contributed by atoms with Gasteiger partial charge in [-0.3, -0.25) is 9.59 Å². The number of sulfonamides is 1. The van der Waals surface area contributed by atoms with Crippen LogP contribution < -0.4 is 19.5 Å². The van der Waals surface area contributed by atoms with Gasteiger partial charge >= 0.3 is 0 Å². The summed E-state index contributed by atoms with van der Waals surface area (Å²) in [5, 5.41) is 3.58. The van der Waals surface area contributed by atoms with Gasteiger partial charge in [0.15, 0.2) is 18.1 Å². The number of benzene rings is 4. The zero-order valence-corrected chi connectivity index (χ0v) is 30.2. The average molecular weight is 736 g/mol. The predicted octanol–water partition coefficient (Wildman–Crippen LogP) is 4.76. The molecular formula is C38H42ClN3O8S. The number of rotatable bonds is 16. The van der Waals surface area contributed by atoms with Crippen LogP contribution in [0.5, 0.6) is 17.2 Å². The summed E-state index contributed by atoms with van der Waals surface area (Å²) < 4.78 is 49.4. The summed E-state index contributed by atoms with van der Waals surface area (Å²) in [5.74, 6) is 0.775. The van der Waals surface area contributed by atoms with Crippen molar-refractivity contribution in [2.75, 3.05) is 53.7 Å². The summed E-state index contributed by atoms with van der Waals surface area (Å²) in [5.41, 5.74) is 2.60. The number of hydrogen-bond donors (Lipinski definition) is 1. The quantitative estimate of drug-likeness (QED) is 0.175. The second kappa shape index (κ2) is 18.0. The maximum Gasteiger partial charge on any atom is 0.261 e. The Hall–Kier alpha value is -4.62. The molecule has 0 aromatic heterocycles. The van der Waals surface area contributed by atoms with E-state index in [2.05, 4.69) is 5.32 Å². The number of methoxy groups -OCH3 is 2. The smallest absolute Gasteiger partial charge is 0.261 e. The Labute approximate surface area is 304 Å². The fourth-order valence-electron chi connectivity index (χ4n) is 5.70. The first kappa shape index (κ1) is 37.6. The van der Waals surface area contributed by atoms with Gasteiger partial charge in [-0.15, -0.1) is 0 Å². The number of halogens is 1. The van der Waals surface area contributed by atoms with Crippen LogP contribution in [0.3, 0.4) is 0 Å². The molecule has 1 heterocycles. The van der Waals surface area contributed by atoms with Gasteiger partial charge in [-0.2, -0.15) is 4.31 Å². The Morgan fingerprint density at radius 2 is 1.53 bits per heavy atom. The number of morpholine rings is 1. The van der Waals surface area contributed by atoms with Crippen molar-refractivity contribution >= 4 is 33.4 Å². The van der Waals surface area contributed by atoms with E-state index in [-0.39, 0.29) is 43.5 Å². The Balaban J connectivity index is 1.34. The Morgan fingerprint density at radius 1 is 0.863 bits per heavy atom. The van der Waals surface area contributed by atoms with Crippen LogP contribution in [0.25, 0.3) is 0 Å². The molecule has 4 aromatic rings. The van der Waals surface area contributed by atoms with Gasteiger partial charge in [-0.1, -0.05) is 60.1 Å². The molecule has 1 saturated heterocycles. The lowest BCUT2D eigenvalue weighted by Gasteiger charge is -2.31. The molecule has 0 bridgehead atoms. The molecule has 1 N–H and O–H groups in total. The molecule has 5 rings (SSSR count). The number of carbonyl (C=O) groups excluding carboxylic acids is 2. The number of hydrogen-bond acceptors (Lipinski definition) is 8. The molecule has 1 fully saturated rings. The zero-order chi connectivity index (χ0) is 36.2. The third-order valence-corrected chi connectivity index (χ3v) is 10.7. The average Bonchev–Trinajstić information content (AvgIpc) is 3.16. The standard InChI is InChI=1S/C38H42ClN3O8S/c1-47-35-17-10-29(25-36(35)48-2)18-19-40-38(44)34(24-28-6-4-3-5-7-28)42(26-30-8-11-31(39)12-9-30)37(43)27-50-32-13-15-33(16-14-32)51(45,46)41-20-22-49-23-21-41/h3-17,25,34H,18-24,26-27H2,1-2H3,(H,40,44). The number of ether oxygens (including phenoxy) is 4. The minimum absolute atomic E-state index is 0.122. The van der Waals surface area contributed by atoms with Crippen LogP contribution in [0, 0.1) is 0 Å². The number of nitrogens with zero attached hydrogens (tertiary/aromatic N) is 2. The normalized spacial score (nSPS) is 13.9. The zero-order valence-electron chi connectivity index (χ0n) is 28.6. The van der Waals surface area contributed by atoms with Gasteiger partial charge in [0.2, 0.25) is 15.9 Å². The van der Waals surface area contributed by atoms with Gasteiger partial charge in [-0.05, 0) is 71.6 Å². The summed E-state index contributed by atoms with van der Waals surface area (Å²) in [7, 11) is -0.546. The summed E-state index contributed by atoms with van der Waals surface area (Å²) in [6, 6.07) is 27.3. The van der Waals surface area contributed by atoms with E-state index in [0.717, 1.165) is 16.7 Å². The third kappa shape index (κ3) is 10.2. The number of carbonyl (C=O) groups is 2. The molecule has 11 nitrogen and oxygen atoms in total. The van der Waals surface area contributed by atoms with Crippen molar-refractivity contribution in [3.05, 3.63) is 119 Å². The van der Waals surface area contributed by atoms with Crippen LogP contribution >= 0.6 is 11.6 Å². The number of nitrogens with one attached hydrogen (secondary N) is 1. The second-order valence-electron chi connectivity index (χ2n) is 11.9. The summed E-state index contributed by atoms with van der Waals surface area (Å²) >= 11 is 6.15. The van der Waals surface area contributed by atoms with Gasteiger partial charge < -0.3 is 29.2 Å². The first-order chi connectivity index (χ1) is 24.7. The maximum absolute atomic E-state index is 14.0. The van der Waals surface area contributed by atoms with Crippen LogP contribution in [-0.4, -0.2) is 89.2 Å². The SMILES string of the molecule is COc1ccc(CCNC(=O)C(Cc2ccccc2)N(Cc2ccc(Cl)cc2)C(=O)COc2ccc(S(=O)(=O)N3CCOCC3)cc2)cc1OC. The van der Waals surface area contributed by atoms with Crippen molar-refractivity contribution in [1.29, 1.82) is 0 Å². The summed E-state index contributed by atoms with van der Waals surface area (Å²) in [6.07, 6.45) is 0.784. The fourth-order valence-corrected chi connectivity index (χ4v) is 7.23. The van der Waals surface area contributed by atoms with E-state index in [1.807, 2.05) is 60.7 Å². The van der Waals surface area contributed by atoms with Crippen molar-refractivity contribution in [3.63, 3.8) is 0 Å². The van der Waals surface area contributed by atoms with E-state index in [1.165, 1.54) is 33.5 Å². The van der Waals surface area contributed by atoms with E-state index >= 15 is 0 Å². The molecule has 1 atom stereocenters. The van der Waals surface area contributed by atoms with Crippen molar-refractivity contribution in [1.82, 2.24) is 14.5 Å². The van der Waals surface area contributed by atoms with Gasteiger partial charge in [0.05, 0.1) is 32.3 Å². The molecule has 51 heavy (non-hydrogen) atoms. The molecule has 4 aromatic carbocycles. The minimum atomic E-state index is -3.69. The van der Waals surface area contributed by atoms with E-state index < -0.39 is 22.0 Å². The first-order valence-corrected chi connectivity index (χ1v) is 18.4. The van der Waals surface area contributed by atoms with E-state index in [4.69, 9.17) is 30.5 Å². The largest absolute Gasteiger partial charge is 0.493 e. The van der Waals surface area contributed by atoms with E-state index in [1.54, 1.807) is 26.4 Å². The maximum atomic E-state index is 14.0. The highest BCUT2D eigenvalue weighted by atomic mass is 35.5. The Bertz CT molecular complexity index is 1850. The lowest BCUT2D eigenvalue weighted by Crippen LogP contribution is -2.52. The second-order valence-corrected chi connectivity index (χ2v) is 14.2. The molecule has 1 aliphatic heterocycles. The Kier molecular flexibility index (Phi) is 13.3. The molecular weight excluding hydrogens is 694 g/mol. The van der Waals surface area contributed by atoms with Crippen molar-refractivity contribution in [2.24, 2.45) is 0 Å². The molecule has 1 aliphatic rings. The molecule has 13 heteroatoms. The van der Waals surface area contributed by atoms with Gasteiger partial charge in [0.25, 0.3) is 5.91 Å². The third-order valence-electron chi connectivity index (χ3n) is 8.49. The van der Waals surface area contributed by atoms with E-state index in [9.17, 15) is 18.0 Å². The van der Waals surface area contributed by atoms with Crippen LogP contribution in [0.15, 0.2) is 102 Å². The van der Waals surface area contributed by atoms with Crippen molar-refractivity contribution in [2.45, 2.75) is 30.3 Å². The van der Waals surface area contributed by atoms with Crippen LogP contribution in [0.1, 0.15) is 16.7 Å². The topological polar surface area (TPSA) is 124 Å². The van der Waals surface area contributed by atoms with Crippen LogP contribution in [-0.2, 0) is 43.7 Å². The number of amides is 2. The van der Waals surface area contributed by atoms with E-state index in [0.29, 0.717) is 48.5 Å². The predicted molar refractivity (Wildman–Crippen MR) is 194 cm³/mol. The lowest BCUT2D eigenvalue weighted by atomic mass is 10.0. The van der Waals surface area contributed by atoms with Crippen LogP contribution in [0.4, 0.5) is 0 Å². The molecule has 0 spiro atoms. The lowest BCUT2D eigenvalue weighted by molar-refractivity contribution is -0.142. The molecule has 2 amide bonds. The van der Waals surface area contributed by atoms with Gasteiger partial charge in [-0.25, -0.2) is 8.42 Å². The highest BCUT2D eigenvalue weighted by molar-refractivity contribution is 7.89. The van der Waals surface area contributed by atoms with Crippen LogP contribution in [0.2, 0.25) is 5.02 Å². The van der Waals surface area contributed by atoms with Gasteiger partial charge in [0.1, 0.15) is 11.8 Å². The highest BCUT2D eigenvalue weighted by Crippen LogP contribution is 2.28. The monoisotopic (exact) mass is 735 g/mol. The van der Waals surface area contributed by atoms with Crippen molar-refractivity contribution in [3.8, 4) is 17.2 Å². The summed E-state index contributed by atoms with van der Waals surface area (Å²) in [4.78, 5) is 29.7. The first-order valence-electron chi connectivity index (χ1n) is 16.5. The molecule has 0 radical (unpaired) electrons. The highest BCUT2D eigenvalue weighted by Gasteiger charge is 2.31. The van der Waals surface area contributed by atoms with Gasteiger partial charge in [0, 0.05) is 37.6 Å². The summed E-state index contributed by atoms with van der Waals surface area (Å²) in [6.45, 7) is 1.31. The fraction of sp³-hybridized carbons (Fsp3) is 0.316. The molecule has 270 valence electrons. The Morgan fingerprint density at radius 3 is 2.20 bits per heavy atom.